The molecule has 0 saturated heterocycles. The number of methoxy groups -OCH3 is 1. The number of hydrogen-bond donors (Lipinski definition) is 1. The highest BCUT2D eigenvalue weighted by atomic mass is 17.1. The van der Waals surface area contributed by atoms with Gasteiger partial charge in [0.05, 0.1) is 0 Å². The Balaban J connectivity index is 2.48. The van der Waals surface area contributed by atoms with Gasteiger partial charge in [-0.25, -0.2) is 5.26 Å². The smallest absolute Gasteiger partial charge is 0.202 e. The fraction of sp³-hybridized carbons (Fsp3) is 0.300. The summed E-state index contributed by atoms with van der Waals surface area (Å²) in [6, 6.07) is 4.75. The highest BCUT2D eigenvalue weighted by Crippen LogP contribution is 2.32. The van der Waals surface area contributed by atoms with Gasteiger partial charge in [-0.15, -0.1) is 0 Å². The van der Waals surface area contributed by atoms with Crippen LogP contribution in [-0.4, -0.2) is 30.9 Å². The van der Waals surface area contributed by atoms with Crippen molar-refractivity contribution in [3.05, 3.63) is 23.8 Å². The Labute approximate surface area is 86.1 Å². The van der Waals surface area contributed by atoms with Crippen LogP contribution in [0.15, 0.2) is 18.2 Å². The molecule has 80 valence electrons. The number of benzene rings is 1. The largest absolute Gasteiger partial charge is 0.489 e. The van der Waals surface area contributed by atoms with Crippen LogP contribution < -0.4 is 9.62 Å². The maximum Gasteiger partial charge on any atom is 0.202 e. The lowest BCUT2D eigenvalue weighted by atomic mass is 10.0. The maximum absolute atomic E-state index is 11.8. The second-order valence-electron chi connectivity index (χ2n) is 3.12. The van der Waals surface area contributed by atoms with Crippen molar-refractivity contribution in [2.24, 2.45) is 0 Å². The monoisotopic (exact) mass is 210 g/mol. The maximum atomic E-state index is 11.8. The van der Waals surface area contributed by atoms with Crippen LogP contribution in [0.2, 0.25) is 0 Å². The van der Waals surface area contributed by atoms with Gasteiger partial charge in [0.15, 0.2) is 11.9 Å². The lowest BCUT2D eigenvalue weighted by molar-refractivity contribution is -0.138. The summed E-state index contributed by atoms with van der Waals surface area (Å²) in [5.41, 5.74) is 0.220. The average molecular weight is 210 g/mol. The predicted octanol–water partition coefficient (Wildman–Crippen LogP) is 1.13. The Hall–Kier alpha value is -1.59. The van der Waals surface area contributed by atoms with Crippen LogP contribution in [-0.2, 0) is 4.74 Å². The molecule has 5 heteroatoms. The van der Waals surface area contributed by atoms with E-state index in [4.69, 9.17) is 14.7 Å². The number of ketones is 1. The minimum Gasteiger partial charge on any atom is -0.489 e. The van der Waals surface area contributed by atoms with E-state index in [0.717, 1.165) is 0 Å². The van der Waals surface area contributed by atoms with Gasteiger partial charge in [0.1, 0.15) is 17.9 Å². The Kier molecular flexibility index (Phi) is 2.57. The standard InChI is InChI=1S/C10H10O5/c1-13-8-5-14-6-3-2-4-7(15-12)9(6)10(8)11/h2-4,8,12H,5H2,1H3. The Morgan fingerprint density at radius 1 is 1.53 bits per heavy atom. The molecule has 1 aromatic rings. The van der Waals surface area contributed by atoms with E-state index in [0.29, 0.717) is 5.75 Å². The van der Waals surface area contributed by atoms with E-state index < -0.39 is 6.10 Å². The van der Waals surface area contributed by atoms with Crippen molar-refractivity contribution in [3.8, 4) is 11.5 Å². The molecule has 0 fully saturated rings. The van der Waals surface area contributed by atoms with E-state index in [9.17, 15) is 4.79 Å². The Morgan fingerprint density at radius 2 is 2.33 bits per heavy atom. The van der Waals surface area contributed by atoms with E-state index in [1.165, 1.54) is 13.2 Å². The second-order valence-corrected chi connectivity index (χ2v) is 3.12. The van der Waals surface area contributed by atoms with E-state index >= 15 is 0 Å². The van der Waals surface area contributed by atoms with Gasteiger partial charge in [-0.1, -0.05) is 6.07 Å². The molecule has 1 atom stereocenters. The molecule has 0 saturated carbocycles. The van der Waals surface area contributed by atoms with Crippen LogP contribution in [0.1, 0.15) is 10.4 Å². The number of ether oxygens (including phenoxy) is 2. The molecule has 1 aliphatic rings. The quantitative estimate of drug-likeness (QED) is 0.585. The highest BCUT2D eigenvalue weighted by Gasteiger charge is 2.31. The van der Waals surface area contributed by atoms with Crippen molar-refractivity contribution in [2.45, 2.75) is 6.10 Å². The van der Waals surface area contributed by atoms with E-state index in [1.54, 1.807) is 12.1 Å². The number of carbonyl (C=O) groups excluding carboxylic acids is 1. The van der Waals surface area contributed by atoms with Crippen LogP contribution in [0.5, 0.6) is 11.5 Å². The normalized spacial score (nSPS) is 19.3. The van der Waals surface area contributed by atoms with Gasteiger partial charge < -0.3 is 14.4 Å². The summed E-state index contributed by atoms with van der Waals surface area (Å²) in [4.78, 5) is 16.0. The van der Waals surface area contributed by atoms with Crippen LogP contribution in [0.25, 0.3) is 0 Å². The van der Waals surface area contributed by atoms with Gasteiger partial charge in [0, 0.05) is 7.11 Å². The zero-order valence-electron chi connectivity index (χ0n) is 8.10. The molecule has 1 aromatic carbocycles. The first-order valence-corrected chi connectivity index (χ1v) is 4.42. The van der Waals surface area contributed by atoms with Gasteiger partial charge >= 0.3 is 0 Å². The van der Waals surface area contributed by atoms with Gasteiger partial charge in [-0.3, -0.25) is 4.79 Å². The van der Waals surface area contributed by atoms with Crippen LogP contribution in [0, 0.1) is 0 Å². The highest BCUT2D eigenvalue weighted by molar-refractivity contribution is 6.05. The summed E-state index contributed by atoms with van der Waals surface area (Å²) in [5.74, 6) is 0.238. The lowest BCUT2D eigenvalue weighted by Crippen LogP contribution is -2.34. The summed E-state index contributed by atoms with van der Waals surface area (Å²) in [6.45, 7) is 0.178. The molecule has 0 aliphatic carbocycles. The molecular formula is C10H10O5. The van der Waals surface area contributed by atoms with E-state index in [2.05, 4.69) is 4.89 Å². The summed E-state index contributed by atoms with van der Waals surface area (Å²) in [6.07, 6.45) is -0.645. The van der Waals surface area contributed by atoms with E-state index in [1.807, 2.05) is 0 Å². The van der Waals surface area contributed by atoms with Crippen molar-refractivity contribution in [1.82, 2.24) is 0 Å². The first-order chi connectivity index (χ1) is 7.27. The summed E-state index contributed by atoms with van der Waals surface area (Å²) < 4.78 is 10.3. The van der Waals surface area contributed by atoms with Gasteiger partial charge in [-0.2, -0.15) is 0 Å². The van der Waals surface area contributed by atoms with Crippen LogP contribution >= 0.6 is 0 Å². The number of hydrogen-bond acceptors (Lipinski definition) is 5. The third-order valence-corrected chi connectivity index (χ3v) is 2.30. The first-order valence-electron chi connectivity index (χ1n) is 4.42. The molecule has 5 nitrogen and oxygen atoms in total. The Morgan fingerprint density at radius 3 is 3.00 bits per heavy atom. The molecule has 1 N–H and O–H groups in total. The number of rotatable bonds is 2. The summed E-state index contributed by atoms with van der Waals surface area (Å²) in [7, 11) is 1.43. The predicted molar refractivity (Wildman–Crippen MR) is 50.3 cm³/mol. The molecule has 1 heterocycles. The van der Waals surface area contributed by atoms with Crippen LogP contribution in [0.4, 0.5) is 0 Å². The molecule has 15 heavy (non-hydrogen) atoms. The molecule has 0 bridgehead atoms. The Bertz CT molecular complexity index is 373. The zero-order valence-corrected chi connectivity index (χ0v) is 8.10. The zero-order chi connectivity index (χ0) is 10.8. The third kappa shape index (κ3) is 1.55. The number of carbonyl (C=O) groups is 1. The van der Waals surface area contributed by atoms with Gasteiger partial charge in [0.25, 0.3) is 0 Å². The fourth-order valence-corrected chi connectivity index (χ4v) is 1.53. The molecule has 0 radical (unpaired) electrons. The van der Waals surface area contributed by atoms with Crippen molar-refractivity contribution >= 4 is 5.78 Å². The van der Waals surface area contributed by atoms with Crippen molar-refractivity contribution < 1.29 is 24.4 Å². The van der Waals surface area contributed by atoms with E-state index in [-0.39, 0.29) is 23.7 Å². The minimum absolute atomic E-state index is 0.0826. The third-order valence-electron chi connectivity index (χ3n) is 2.30. The average Bonchev–Trinajstić information content (AvgIpc) is 2.29. The summed E-state index contributed by atoms with van der Waals surface area (Å²) in [5, 5.41) is 8.62. The fourth-order valence-electron chi connectivity index (χ4n) is 1.53. The van der Waals surface area contributed by atoms with Crippen LogP contribution in [0.3, 0.4) is 0 Å². The summed E-state index contributed by atoms with van der Waals surface area (Å²) >= 11 is 0. The number of Topliss-reactive ketones (excluding diaryl/α,β-unsaturated/α-hetero) is 1. The molecule has 2 rings (SSSR count). The molecule has 0 aromatic heterocycles. The SMILES string of the molecule is COC1COc2cccc(OO)c2C1=O. The molecular weight excluding hydrogens is 200 g/mol. The molecule has 0 spiro atoms. The van der Waals surface area contributed by atoms with Gasteiger partial charge in [-0.05, 0) is 12.1 Å². The van der Waals surface area contributed by atoms with Crippen molar-refractivity contribution in [2.75, 3.05) is 13.7 Å². The topological polar surface area (TPSA) is 65.0 Å². The van der Waals surface area contributed by atoms with Crippen molar-refractivity contribution in [1.29, 1.82) is 0 Å². The molecule has 1 aliphatic heterocycles. The lowest BCUT2D eigenvalue weighted by Gasteiger charge is -2.23. The van der Waals surface area contributed by atoms with Gasteiger partial charge in [0.2, 0.25) is 5.78 Å². The number of fused-ring (bicyclic) bond motifs is 1. The molecule has 0 amide bonds. The molecule has 1 unspecified atom stereocenters. The second kappa shape index (κ2) is 3.88. The minimum atomic E-state index is -0.645. The van der Waals surface area contributed by atoms with Crippen molar-refractivity contribution in [3.63, 3.8) is 0 Å². The first kappa shape index (κ1) is 9.95.